The molecule has 3 N–H and O–H groups in total. The molecule has 0 bridgehead atoms. The minimum absolute atomic E-state index is 0.130. The molecule has 2 rings (SSSR count). The Balaban J connectivity index is 2.14. The molecule has 21 heavy (non-hydrogen) atoms. The molecule has 1 aromatic rings. The van der Waals surface area contributed by atoms with Crippen molar-refractivity contribution < 1.29 is 22.6 Å². The number of sulfonamides is 1. The van der Waals surface area contributed by atoms with E-state index in [4.69, 9.17) is 19.9 Å². The number of benzene rings is 1. The quantitative estimate of drug-likeness (QED) is 0.604. The molecule has 118 valence electrons. The molecular weight excluding hydrogens is 296 g/mol. The van der Waals surface area contributed by atoms with E-state index in [1.54, 1.807) is 12.1 Å². The van der Waals surface area contributed by atoms with Crippen LogP contribution in [-0.4, -0.2) is 40.6 Å². The van der Waals surface area contributed by atoms with E-state index in [1.807, 2.05) is 6.92 Å². The van der Waals surface area contributed by atoms with Gasteiger partial charge in [0.15, 0.2) is 11.5 Å². The Morgan fingerprint density at radius 2 is 1.95 bits per heavy atom. The second kappa shape index (κ2) is 6.86. The number of rotatable bonds is 6. The Bertz CT molecular complexity index is 588. The average molecular weight is 316 g/mol. The van der Waals surface area contributed by atoms with Crippen molar-refractivity contribution in [3.8, 4) is 11.5 Å². The van der Waals surface area contributed by atoms with Crippen molar-refractivity contribution in [2.45, 2.75) is 13.3 Å². The maximum Gasteiger partial charge on any atom is 0.235 e. The largest absolute Gasteiger partial charge is 0.489 e. The lowest BCUT2D eigenvalue weighted by Crippen LogP contribution is -2.21. The van der Waals surface area contributed by atoms with Crippen molar-refractivity contribution in [1.82, 2.24) is 0 Å². The summed E-state index contributed by atoms with van der Waals surface area (Å²) in [7, 11) is -3.52. The van der Waals surface area contributed by atoms with Crippen LogP contribution < -0.4 is 19.9 Å². The second-order valence-corrected chi connectivity index (χ2v) is 6.40. The summed E-state index contributed by atoms with van der Waals surface area (Å²) in [6, 6.07) is 3.12. The van der Waals surface area contributed by atoms with Crippen molar-refractivity contribution in [3.63, 3.8) is 0 Å². The zero-order valence-electron chi connectivity index (χ0n) is 11.9. The maximum atomic E-state index is 11.9. The van der Waals surface area contributed by atoms with Crippen LogP contribution in [0.15, 0.2) is 12.1 Å². The van der Waals surface area contributed by atoms with Gasteiger partial charge in [-0.1, -0.05) is 0 Å². The van der Waals surface area contributed by atoms with Gasteiger partial charge in [0.1, 0.15) is 0 Å². The van der Waals surface area contributed by atoms with Gasteiger partial charge < -0.3 is 19.9 Å². The van der Waals surface area contributed by atoms with Gasteiger partial charge in [0, 0.05) is 25.2 Å². The third-order valence-corrected chi connectivity index (χ3v) is 4.12. The molecule has 0 radical (unpaired) electrons. The summed E-state index contributed by atoms with van der Waals surface area (Å²) in [6.45, 7) is 3.49. The van der Waals surface area contributed by atoms with Gasteiger partial charge in [0.25, 0.3) is 0 Å². The minimum atomic E-state index is -3.52. The summed E-state index contributed by atoms with van der Waals surface area (Å²) in [5.41, 5.74) is 6.44. The van der Waals surface area contributed by atoms with Gasteiger partial charge in [-0.2, -0.15) is 0 Å². The number of nitrogens with two attached hydrogens (primary N) is 1. The van der Waals surface area contributed by atoms with Crippen molar-refractivity contribution in [1.29, 1.82) is 0 Å². The summed E-state index contributed by atoms with van der Waals surface area (Å²) in [5, 5.41) is 0. The Morgan fingerprint density at radius 1 is 1.29 bits per heavy atom. The topological polar surface area (TPSA) is 99.9 Å². The molecule has 1 aromatic carbocycles. The van der Waals surface area contributed by atoms with E-state index < -0.39 is 10.0 Å². The van der Waals surface area contributed by atoms with Crippen LogP contribution in [0.2, 0.25) is 0 Å². The zero-order valence-corrected chi connectivity index (χ0v) is 12.7. The first kappa shape index (κ1) is 15.7. The van der Waals surface area contributed by atoms with Crippen molar-refractivity contribution in [2.75, 3.05) is 42.6 Å². The van der Waals surface area contributed by atoms with Crippen molar-refractivity contribution in [3.05, 3.63) is 12.1 Å². The molecule has 8 heteroatoms. The molecule has 1 aliphatic heterocycles. The van der Waals surface area contributed by atoms with E-state index in [-0.39, 0.29) is 18.0 Å². The Labute approximate surface area is 124 Å². The van der Waals surface area contributed by atoms with Gasteiger partial charge in [-0.3, -0.25) is 4.72 Å². The second-order valence-electron chi connectivity index (χ2n) is 4.55. The number of fused-ring (bicyclic) bond motifs is 1. The summed E-state index contributed by atoms with van der Waals surface area (Å²) in [5.74, 6) is 0.890. The van der Waals surface area contributed by atoms with E-state index >= 15 is 0 Å². The van der Waals surface area contributed by atoms with Crippen LogP contribution in [-0.2, 0) is 14.8 Å². The van der Waals surface area contributed by atoms with Gasteiger partial charge in [0.05, 0.1) is 36.9 Å². The van der Waals surface area contributed by atoms with E-state index in [1.165, 1.54) is 0 Å². The monoisotopic (exact) mass is 316 g/mol. The first-order valence-electron chi connectivity index (χ1n) is 6.79. The van der Waals surface area contributed by atoms with E-state index in [2.05, 4.69) is 4.72 Å². The molecule has 1 heterocycles. The van der Waals surface area contributed by atoms with Gasteiger partial charge >= 0.3 is 0 Å². The highest BCUT2D eigenvalue weighted by Gasteiger charge is 2.17. The molecule has 0 amide bonds. The number of hydrogen-bond donors (Lipinski definition) is 2. The number of hydrogen-bond acceptors (Lipinski definition) is 6. The highest BCUT2D eigenvalue weighted by Crippen LogP contribution is 2.36. The molecule has 1 aliphatic rings. The molecule has 0 aromatic heterocycles. The third-order valence-electron chi connectivity index (χ3n) is 2.89. The summed E-state index contributed by atoms with van der Waals surface area (Å²) in [4.78, 5) is 0. The summed E-state index contributed by atoms with van der Waals surface area (Å²) < 4.78 is 42.4. The van der Waals surface area contributed by atoms with Crippen molar-refractivity contribution >= 4 is 21.4 Å². The zero-order chi connectivity index (χ0) is 15.3. The van der Waals surface area contributed by atoms with Crippen LogP contribution in [0.3, 0.4) is 0 Å². The third kappa shape index (κ3) is 4.40. The molecule has 0 spiro atoms. The van der Waals surface area contributed by atoms with Crippen molar-refractivity contribution in [2.24, 2.45) is 0 Å². The van der Waals surface area contributed by atoms with Crippen LogP contribution in [0, 0.1) is 0 Å². The van der Waals surface area contributed by atoms with Gasteiger partial charge in [-0.15, -0.1) is 0 Å². The number of nitrogen functional groups attached to an aromatic ring is 1. The van der Waals surface area contributed by atoms with Crippen LogP contribution in [0.5, 0.6) is 11.5 Å². The Kier molecular flexibility index (Phi) is 5.13. The molecule has 0 fully saturated rings. The fourth-order valence-corrected chi connectivity index (χ4v) is 2.80. The van der Waals surface area contributed by atoms with Gasteiger partial charge in [-0.05, 0) is 6.92 Å². The van der Waals surface area contributed by atoms with E-state index in [9.17, 15) is 8.42 Å². The lowest BCUT2D eigenvalue weighted by Gasteiger charge is -2.14. The Hall–Kier alpha value is -1.67. The van der Waals surface area contributed by atoms with Gasteiger partial charge in [0.2, 0.25) is 10.0 Å². The summed E-state index contributed by atoms with van der Waals surface area (Å²) in [6.07, 6.45) is 0.768. The maximum absolute atomic E-state index is 11.9. The predicted molar refractivity (Wildman–Crippen MR) is 80.4 cm³/mol. The SMILES string of the molecule is CCOCCS(=O)(=O)Nc1cc2c(cc1N)OCCCO2. The van der Waals surface area contributed by atoms with Crippen LogP contribution >= 0.6 is 0 Å². The molecule has 0 aliphatic carbocycles. The predicted octanol–water partition coefficient (Wildman–Crippen LogP) is 1.21. The van der Waals surface area contributed by atoms with E-state index in [0.717, 1.165) is 6.42 Å². The number of ether oxygens (including phenoxy) is 3. The van der Waals surface area contributed by atoms with Crippen LogP contribution in [0.25, 0.3) is 0 Å². The molecular formula is C13H20N2O5S. The smallest absolute Gasteiger partial charge is 0.235 e. The molecule has 0 saturated heterocycles. The fraction of sp³-hybridized carbons (Fsp3) is 0.538. The molecule has 7 nitrogen and oxygen atoms in total. The summed E-state index contributed by atoms with van der Waals surface area (Å²) >= 11 is 0. The molecule has 0 saturated carbocycles. The van der Waals surface area contributed by atoms with Crippen LogP contribution in [0.4, 0.5) is 11.4 Å². The first-order chi connectivity index (χ1) is 10.0. The highest BCUT2D eigenvalue weighted by atomic mass is 32.2. The number of nitrogens with one attached hydrogen (secondary N) is 1. The first-order valence-corrected chi connectivity index (χ1v) is 8.44. The number of anilines is 2. The van der Waals surface area contributed by atoms with Gasteiger partial charge in [-0.25, -0.2) is 8.42 Å². The molecule has 0 unspecified atom stereocenters. The standard InChI is InChI=1S/C13H20N2O5S/c1-2-18-6-7-21(16,17)15-11-9-13-12(8-10(11)14)19-4-3-5-20-13/h8-9,15H,2-7,14H2,1H3. The normalized spacial score (nSPS) is 14.5. The van der Waals surface area contributed by atoms with E-state index in [0.29, 0.717) is 37.0 Å². The lowest BCUT2D eigenvalue weighted by atomic mass is 10.2. The fourth-order valence-electron chi connectivity index (χ4n) is 1.84. The minimum Gasteiger partial charge on any atom is -0.489 e. The Morgan fingerprint density at radius 3 is 2.62 bits per heavy atom. The molecule has 0 atom stereocenters. The van der Waals surface area contributed by atoms with Crippen LogP contribution in [0.1, 0.15) is 13.3 Å². The lowest BCUT2D eigenvalue weighted by molar-refractivity contribution is 0.163. The average Bonchev–Trinajstić information content (AvgIpc) is 2.64. The highest BCUT2D eigenvalue weighted by molar-refractivity contribution is 7.92.